The number of hydrogen-bond acceptors (Lipinski definition) is 5. The Morgan fingerprint density at radius 1 is 1.30 bits per heavy atom. The fourth-order valence-corrected chi connectivity index (χ4v) is 3.61. The largest absolute Gasteiger partial charge is 0.428 e. The lowest BCUT2D eigenvalue weighted by Gasteiger charge is -2.37. The molecular formula is C18H20N2O3. The van der Waals surface area contributed by atoms with Crippen LogP contribution in [0.2, 0.25) is 0 Å². The number of nitrogens with one attached hydrogen (secondary N) is 1. The Balaban J connectivity index is 1.79. The molecule has 0 unspecified atom stereocenters. The first-order valence-electron chi connectivity index (χ1n) is 7.98. The van der Waals surface area contributed by atoms with Gasteiger partial charge in [-0.2, -0.15) is 5.48 Å². The lowest BCUT2D eigenvalue weighted by atomic mass is 9.86. The van der Waals surface area contributed by atoms with Crippen molar-refractivity contribution in [1.82, 2.24) is 5.48 Å². The van der Waals surface area contributed by atoms with Crippen LogP contribution < -0.4 is 16.0 Å². The van der Waals surface area contributed by atoms with E-state index in [0.29, 0.717) is 11.3 Å². The van der Waals surface area contributed by atoms with E-state index in [1.807, 2.05) is 38.1 Å². The molecule has 3 heterocycles. The lowest BCUT2D eigenvalue weighted by molar-refractivity contribution is 0.0303. The van der Waals surface area contributed by atoms with Crippen LogP contribution in [0, 0.1) is 12.8 Å². The molecule has 0 amide bonds. The SMILES string of the molecule is Cc1cc2c(c(=O)o1)[C@@H]1NO[C@@H](C)[C@@H]1CN2Cc1ccccc1. The molecule has 1 fully saturated rings. The van der Waals surface area contributed by atoms with Crippen LogP contribution in [0.3, 0.4) is 0 Å². The summed E-state index contributed by atoms with van der Waals surface area (Å²) in [4.78, 5) is 20.3. The van der Waals surface area contributed by atoms with E-state index in [2.05, 4.69) is 22.5 Å². The molecule has 0 radical (unpaired) electrons. The maximum atomic E-state index is 12.4. The first-order chi connectivity index (χ1) is 11.1. The number of hydroxylamine groups is 1. The normalized spacial score (nSPS) is 26.0. The average molecular weight is 312 g/mol. The second-order valence-corrected chi connectivity index (χ2v) is 6.39. The molecular weight excluding hydrogens is 292 g/mol. The maximum absolute atomic E-state index is 12.4. The van der Waals surface area contributed by atoms with Crippen molar-refractivity contribution in [2.45, 2.75) is 32.5 Å². The molecule has 0 spiro atoms. The third-order valence-corrected chi connectivity index (χ3v) is 4.80. The van der Waals surface area contributed by atoms with Crippen molar-refractivity contribution in [2.24, 2.45) is 5.92 Å². The third kappa shape index (κ3) is 2.46. The Kier molecular flexibility index (Phi) is 3.47. The van der Waals surface area contributed by atoms with Gasteiger partial charge in [0.15, 0.2) is 0 Å². The van der Waals surface area contributed by atoms with Crippen molar-refractivity contribution >= 4 is 5.69 Å². The van der Waals surface area contributed by atoms with E-state index < -0.39 is 0 Å². The topological polar surface area (TPSA) is 54.7 Å². The highest BCUT2D eigenvalue weighted by Crippen LogP contribution is 2.41. The lowest BCUT2D eigenvalue weighted by Crippen LogP contribution is -2.42. The fraction of sp³-hybridized carbons (Fsp3) is 0.389. The molecule has 5 heteroatoms. The zero-order valence-electron chi connectivity index (χ0n) is 13.3. The van der Waals surface area contributed by atoms with Gasteiger partial charge in [0.25, 0.3) is 0 Å². The number of hydrogen-bond donors (Lipinski definition) is 1. The molecule has 3 atom stereocenters. The molecule has 2 aromatic rings. The van der Waals surface area contributed by atoms with Gasteiger partial charge in [-0.05, 0) is 19.4 Å². The van der Waals surface area contributed by atoms with Gasteiger partial charge in [-0.1, -0.05) is 30.3 Å². The molecule has 1 saturated heterocycles. The summed E-state index contributed by atoms with van der Waals surface area (Å²) in [5.41, 5.74) is 5.62. The van der Waals surface area contributed by atoms with Crippen LogP contribution in [0.5, 0.6) is 0 Å². The molecule has 2 aliphatic heterocycles. The first kappa shape index (κ1) is 14.5. The molecule has 1 aromatic heterocycles. The van der Waals surface area contributed by atoms with Crippen LogP contribution in [0.15, 0.2) is 45.6 Å². The van der Waals surface area contributed by atoms with Crippen molar-refractivity contribution in [2.75, 3.05) is 11.4 Å². The highest BCUT2D eigenvalue weighted by Gasteiger charge is 2.44. The van der Waals surface area contributed by atoms with Gasteiger partial charge < -0.3 is 9.32 Å². The van der Waals surface area contributed by atoms with Crippen LogP contribution in [0.4, 0.5) is 5.69 Å². The zero-order chi connectivity index (χ0) is 16.0. The van der Waals surface area contributed by atoms with Crippen molar-refractivity contribution in [3.8, 4) is 0 Å². The molecule has 2 aliphatic rings. The van der Waals surface area contributed by atoms with E-state index in [0.717, 1.165) is 18.8 Å². The third-order valence-electron chi connectivity index (χ3n) is 4.80. The fourth-order valence-electron chi connectivity index (χ4n) is 3.61. The summed E-state index contributed by atoms with van der Waals surface area (Å²) < 4.78 is 5.34. The molecule has 0 saturated carbocycles. The van der Waals surface area contributed by atoms with Crippen molar-refractivity contribution in [3.63, 3.8) is 0 Å². The summed E-state index contributed by atoms with van der Waals surface area (Å²) in [6, 6.07) is 12.2. The summed E-state index contributed by atoms with van der Waals surface area (Å²) in [6.45, 7) is 5.48. The Bertz CT molecular complexity index is 772. The minimum Gasteiger partial charge on any atom is -0.428 e. The Hall–Kier alpha value is -2.11. The Morgan fingerprint density at radius 2 is 2.09 bits per heavy atom. The van der Waals surface area contributed by atoms with E-state index in [-0.39, 0.29) is 23.7 Å². The number of fused-ring (bicyclic) bond motifs is 3. The summed E-state index contributed by atoms with van der Waals surface area (Å²) >= 11 is 0. The maximum Gasteiger partial charge on any atom is 0.342 e. The van der Waals surface area contributed by atoms with Crippen LogP contribution in [0.25, 0.3) is 0 Å². The van der Waals surface area contributed by atoms with E-state index >= 15 is 0 Å². The van der Waals surface area contributed by atoms with E-state index in [4.69, 9.17) is 9.25 Å². The Morgan fingerprint density at radius 3 is 2.87 bits per heavy atom. The number of nitrogens with zero attached hydrogens (tertiary/aromatic N) is 1. The summed E-state index contributed by atoms with van der Waals surface area (Å²) in [7, 11) is 0. The molecule has 120 valence electrons. The monoisotopic (exact) mass is 312 g/mol. The second-order valence-electron chi connectivity index (χ2n) is 6.39. The van der Waals surface area contributed by atoms with Crippen LogP contribution in [-0.4, -0.2) is 12.6 Å². The van der Waals surface area contributed by atoms with Gasteiger partial charge in [0.2, 0.25) is 0 Å². The molecule has 0 aliphatic carbocycles. The van der Waals surface area contributed by atoms with Crippen LogP contribution >= 0.6 is 0 Å². The van der Waals surface area contributed by atoms with Crippen LogP contribution in [-0.2, 0) is 11.4 Å². The number of rotatable bonds is 2. The molecule has 1 N–H and O–H groups in total. The highest BCUT2D eigenvalue weighted by atomic mass is 16.7. The number of aryl methyl sites for hydroxylation is 1. The Labute approximate surface area is 134 Å². The molecule has 4 rings (SSSR count). The van der Waals surface area contributed by atoms with E-state index in [1.54, 1.807) is 0 Å². The van der Waals surface area contributed by atoms with Gasteiger partial charge in [-0.15, -0.1) is 0 Å². The predicted molar refractivity (Wildman–Crippen MR) is 87.1 cm³/mol. The zero-order valence-corrected chi connectivity index (χ0v) is 13.3. The number of anilines is 1. The van der Waals surface area contributed by atoms with Gasteiger partial charge in [0.05, 0.1) is 23.4 Å². The van der Waals surface area contributed by atoms with Gasteiger partial charge in [0, 0.05) is 25.1 Å². The van der Waals surface area contributed by atoms with Crippen molar-refractivity contribution in [1.29, 1.82) is 0 Å². The minimum atomic E-state index is -0.266. The summed E-state index contributed by atoms with van der Waals surface area (Å²) in [5, 5.41) is 0. The summed E-state index contributed by atoms with van der Waals surface area (Å²) in [6.07, 6.45) is 0.0622. The minimum absolute atomic E-state index is 0.0622. The van der Waals surface area contributed by atoms with E-state index in [9.17, 15) is 4.79 Å². The van der Waals surface area contributed by atoms with Crippen molar-refractivity contribution in [3.05, 3.63) is 63.7 Å². The first-order valence-corrected chi connectivity index (χ1v) is 7.98. The smallest absolute Gasteiger partial charge is 0.342 e. The summed E-state index contributed by atoms with van der Waals surface area (Å²) in [5.74, 6) is 0.869. The van der Waals surface area contributed by atoms with Gasteiger partial charge >= 0.3 is 5.63 Å². The van der Waals surface area contributed by atoms with Crippen molar-refractivity contribution < 1.29 is 9.25 Å². The number of benzene rings is 1. The molecule has 1 aromatic carbocycles. The second kappa shape index (κ2) is 5.51. The van der Waals surface area contributed by atoms with Gasteiger partial charge in [-0.3, -0.25) is 4.84 Å². The average Bonchev–Trinajstić information content (AvgIpc) is 2.89. The molecule has 0 bridgehead atoms. The van der Waals surface area contributed by atoms with Gasteiger partial charge in [0.1, 0.15) is 5.76 Å². The molecule has 5 nitrogen and oxygen atoms in total. The predicted octanol–water partition coefficient (Wildman–Crippen LogP) is 2.55. The van der Waals surface area contributed by atoms with Gasteiger partial charge in [-0.25, -0.2) is 4.79 Å². The van der Waals surface area contributed by atoms with E-state index in [1.165, 1.54) is 5.56 Å². The molecule has 23 heavy (non-hydrogen) atoms. The van der Waals surface area contributed by atoms with Crippen LogP contribution in [0.1, 0.15) is 29.9 Å². The quantitative estimate of drug-likeness (QED) is 0.923. The standard InChI is InChI=1S/C18H20N2O3/c1-11-8-15-16(18(21)22-11)17-14(12(2)23-19-17)10-20(15)9-13-6-4-3-5-7-13/h3-8,12,14,17,19H,9-10H2,1-2H3/t12-,14-,17+/m0/s1. The highest BCUT2D eigenvalue weighted by molar-refractivity contribution is 5.57.